The van der Waals surface area contributed by atoms with E-state index in [1.165, 1.54) is 0 Å². The molecule has 2 fully saturated rings. The van der Waals surface area contributed by atoms with Gasteiger partial charge in [-0.1, -0.05) is 13.8 Å². The lowest BCUT2D eigenvalue weighted by Gasteiger charge is -2.50. The van der Waals surface area contributed by atoms with Gasteiger partial charge in [-0.3, -0.25) is 0 Å². The molecular weight excluding hydrogens is 214 g/mol. The Morgan fingerprint density at radius 3 is 2.24 bits per heavy atom. The van der Waals surface area contributed by atoms with Gasteiger partial charge in [-0.25, -0.2) is 0 Å². The van der Waals surface area contributed by atoms with E-state index < -0.39 is 11.1 Å². The van der Waals surface area contributed by atoms with Crippen LogP contribution in [-0.2, 0) is 4.74 Å². The fourth-order valence-corrected chi connectivity index (χ4v) is 3.27. The van der Waals surface area contributed by atoms with Gasteiger partial charge in [0.2, 0.25) is 0 Å². The molecule has 3 N–H and O–H groups in total. The Morgan fingerprint density at radius 2 is 1.59 bits per heavy atom. The zero-order valence-corrected chi connectivity index (χ0v) is 11.3. The van der Waals surface area contributed by atoms with Crippen LogP contribution in [0.3, 0.4) is 0 Å². The smallest absolute Gasteiger partial charge is 0.0849 e. The molecule has 1 saturated carbocycles. The van der Waals surface area contributed by atoms with E-state index in [0.29, 0.717) is 18.4 Å². The Hall–Kier alpha value is -0.120. The van der Waals surface area contributed by atoms with Crippen molar-refractivity contribution >= 4 is 0 Å². The predicted molar refractivity (Wildman–Crippen MR) is 68.8 cm³/mol. The normalized spacial score (nSPS) is 37.4. The molecule has 0 radical (unpaired) electrons. The van der Waals surface area contributed by atoms with Gasteiger partial charge in [-0.05, 0) is 43.9 Å². The standard InChI is InChI=1S/C14H27NO2/c1-12(2)5-7-13(15,8-6-12)14(16)4-3-10-17-11-9-14/h16H,3-11,15H2,1-2H3. The highest BCUT2D eigenvalue weighted by Gasteiger charge is 2.50. The maximum absolute atomic E-state index is 10.9. The molecule has 1 unspecified atom stereocenters. The van der Waals surface area contributed by atoms with Gasteiger partial charge >= 0.3 is 0 Å². The molecule has 3 nitrogen and oxygen atoms in total. The summed E-state index contributed by atoms with van der Waals surface area (Å²) in [6, 6.07) is 0. The van der Waals surface area contributed by atoms with Gasteiger partial charge in [0.1, 0.15) is 0 Å². The van der Waals surface area contributed by atoms with Crippen LogP contribution in [0.25, 0.3) is 0 Å². The Bertz CT molecular complexity index is 257. The molecule has 1 saturated heterocycles. The Labute approximate surface area is 105 Å². The van der Waals surface area contributed by atoms with E-state index in [0.717, 1.165) is 45.1 Å². The number of ether oxygens (including phenoxy) is 1. The molecule has 3 heteroatoms. The van der Waals surface area contributed by atoms with Crippen molar-refractivity contribution in [3.63, 3.8) is 0 Å². The largest absolute Gasteiger partial charge is 0.388 e. The molecule has 0 aromatic heterocycles. The van der Waals surface area contributed by atoms with E-state index in [9.17, 15) is 5.11 Å². The maximum Gasteiger partial charge on any atom is 0.0849 e. The van der Waals surface area contributed by atoms with E-state index in [1.807, 2.05) is 0 Å². The van der Waals surface area contributed by atoms with Gasteiger partial charge in [0.25, 0.3) is 0 Å². The molecule has 100 valence electrons. The summed E-state index contributed by atoms with van der Waals surface area (Å²) in [7, 11) is 0. The Kier molecular flexibility index (Phi) is 3.54. The highest BCUT2D eigenvalue weighted by molar-refractivity contribution is 5.07. The predicted octanol–water partition coefficient (Wildman–Crippen LogP) is 2.22. The van der Waals surface area contributed by atoms with Crippen molar-refractivity contribution in [1.29, 1.82) is 0 Å². The van der Waals surface area contributed by atoms with Crippen LogP contribution in [0.1, 0.15) is 58.8 Å². The van der Waals surface area contributed by atoms with E-state index in [4.69, 9.17) is 10.5 Å². The summed E-state index contributed by atoms with van der Waals surface area (Å²) < 4.78 is 5.45. The van der Waals surface area contributed by atoms with Crippen LogP contribution in [0.5, 0.6) is 0 Å². The van der Waals surface area contributed by atoms with Crippen molar-refractivity contribution in [1.82, 2.24) is 0 Å². The van der Waals surface area contributed by atoms with Crippen molar-refractivity contribution < 1.29 is 9.84 Å². The average molecular weight is 241 g/mol. The first-order valence-electron chi connectivity index (χ1n) is 6.96. The number of aliphatic hydroxyl groups is 1. The average Bonchev–Trinajstić information content (AvgIpc) is 2.49. The number of hydrogen-bond donors (Lipinski definition) is 2. The van der Waals surface area contributed by atoms with Crippen molar-refractivity contribution in [3.8, 4) is 0 Å². The summed E-state index contributed by atoms with van der Waals surface area (Å²) in [4.78, 5) is 0. The third-order valence-corrected chi connectivity index (χ3v) is 4.96. The van der Waals surface area contributed by atoms with Gasteiger partial charge in [-0.2, -0.15) is 0 Å². The molecule has 0 spiro atoms. The lowest BCUT2D eigenvalue weighted by molar-refractivity contribution is -0.0760. The molecular formula is C14H27NO2. The van der Waals surface area contributed by atoms with Gasteiger partial charge in [-0.15, -0.1) is 0 Å². The minimum atomic E-state index is -0.708. The first kappa shape index (κ1) is 13.3. The van der Waals surface area contributed by atoms with Gasteiger partial charge in [0, 0.05) is 25.2 Å². The molecule has 1 heterocycles. The topological polar surface area (TPSA) is 55.5 Å². The van der Waals surface area contributed by atoms with Crippen molar-refractivity contribution in [2.75, 3.05) is 13.2 Å². The van der Waals surface area contributed by atoms with Crippen LogP contribution >= 0.6 is 0 Å². The number of hydrogen-bond acceptors (Lipinski definition) is 3. The summed E-state index contributed by atoms with van der Waals surface area (Å²) in [5.74, 6) is 0. The van der Waals surface area contributed by atoms with Gasteiger partial charge < -0.3 is 15.6 Å². The van der Waals surface area contributed by atoms with Gasteiger partial charge in [0.15, 0.2) is 0 Å². The van der Waals surface area contributed by atoms with Crippen molar-refractivity contribution in [2.24, 2.45) is 11.1 Å². The summed E-state index contributed by atoms with van der Waals surface area (Å²) in [5.41, 5.74) is 5.84. The van der Waals surface area contributed by atoms with Crippen LogP contribution in [0.15, 0.2) is 0 Å². The summed E-state index contributed by atoms with van der Waals surface area (Å²) in [6.07, 6.45) is 6.54. The second-order valence-corrected chi connectivity index (χ2v) is 6.82. The fraction of sp³-hybridized carbons (Fsp3) is 1.00. The maximum atomic E-state index is 10.9. The van der Waals surface area contributed by atoms with E-state index >= 15 is 0 Å². The molecule has 0 bridgehead atoms. The first-order chi connectivity index (χ1) is 7.87. The van der Waals surface area contributed by atoms with E-state index in [-0.39, 0.29) is 0 Å². The van der Waals surface area contributed by atoms with Crippen molar-refractivity contribution in [3.05, 3.63) is 0 Å². The molecule has 0 aromatic rings. The minimum Gasteiger partial charge on any atom is -0.388 e. The zero-order chi connectivity index (χ0) is 12.6. The van der Waals surface area contributed by atoms with E-state index in [2.05, 4.69) is 13.8 Å². The molecule has 1 aliphatic carbocycles. The Morgan fingerprint density at radius 1 is 0.941 bits per heavy atom. The lowest BCUT2D eigenvalue weighted by Crippen LogP contribution is -2.62. The highest BCUT2D eigenvalue weighted by atomic mass is 16.5. The summed E-state index contributed by atoms with van der Waals surface area (Å²) in [5, 5.41) is 10.9. The van der Waals surface area contributed by atoms with Crippen LogP contribution < -0.4 is 5.73 Å². The summed E-state index contributed by atoms with van der Waals surface area (Å²) in [6.45, 7) is 6.02. The minimum absolute atomic E-state index is 0.389. The molecule has 0 aromatic carbocycles. The van der Waals surface area contributed by atoms with Crippen LogP contribution in [0.2, 0.25) is 0 Å². The second kappa shape index (κ2) is 4.52. The SMILES string of the molecule is CC1(C)CCC(N)(C2(O)CCCOCC2)CC1. The molecule has 2 rings (SSSR count). The van der Waals surface area contributed by atoms with E-state index in [1.54, 1.807) is 0 Å². The molecule has 0 amide bonds. The molecule has 1 atom stereocenters. The highest BCUT2D eigenvalue weighted by Crippen LogP contribution is 2.46. The molecule has 2 aliphatic rings. The number of nitrogens with two attached hydrogens (primary N) is 1. The first-order valence-corrected chi connectivity index (χ1v) is 6.96. The molecule has 17 heavy (non-hydrogen) atoms. The van der Waals surface area contributed by atoms with Gasteiger partial charge in [0.05, 0.1) is 5.60 Å². The molecule has 1 aliphatic heterocycles. The van der Waals surface area contributed by atoms with Crippen LogP contribution in [-0.4, -0.2) is 29.5 Å². The lowest BCUT2D eigenvalue weighted by atomic mass is 9.62. The fourth-order valence-electron chi connectivity index (χ4n) is 3.27. The van der Waals surface area contributed by atoms with Crippen LogP contribution in [0, 0.1) is 5.41 Å². The van der Waals surface area contributed by atoms with Crippen LogP contribution in [0.4, 0.5) is 0 Å². The van der Waals surface area contributed by atoms with Crippen molar-refractivity contribution in [2.45, 2.75) is 69.9 Å². The third kappa shape index (κ3) is 2.67. The zero-order valence-electron chi connectivity index (χ0n) is 11.3. The Balaban J connectivity index is 2.09. The summed E-state index contributed by atoms with van der Waals surface area (Å²) >= 11 is 0. The number of rotatable bonds is 1. The second-order valence-electron chi connectivity index (χ2n) is 6.82. The monoisotopic (exact) mass is 241 g/mol. The third-order valence-electron chi connectivity index (χ3n) is 4.96. The quantitative estimate of drug-likeness (QED) is 0.740.